The lowest BCUT2D eigenvalue weighted by atomic mass is 10.1. The molecule has 1 N–H and O–H groups in total. The van der Waals surface area contributed by atoms with Crippen LogP contribution in [0.3, 0.4) is 0 Å². The molecule has 5 rings (SSSR count). The van der Waals surface area contributed by atoms with Crippen LogP contribution in [0.1, 0.15) is 11.3 Å². The molecule has 0 aliphatic carbocycles. The van der Waals surface area contributed by atoms with Crippen molar-refractivity contribution in [3.8, 4) is 16.9 Å². The maximum atomic E-state index is 13.0. The normalized spacial score (nSPS) is 11.7. The standard InChI is InChI=1S/C26H22F3N7O2/c1-34(13-14-37)25-31-11-8-19(32-25)16-35-12-9-20(15-22(35)38)36-21-3-2-10-30-24(21)23(33-36)17-4-6-18(7-5-17)26(27,28)29/h2-12,15,37H,13-14,16H2,1H3. The number of benzene rings is 1. The largest absolute Gasteiger partial charge is 0.416 e. The van der Waals surface area contributed by atoms with Gasteiger partial charge in [0.2, 0.25) is 5.95 Å². The number of aliphatic hydroxyl groups is 1. The Bertz CT molecular complexity index is 1650. The van der Waals surface area contributed by atoms with Gasteiger partial charge in [-0.05, 0) is 36.4 Å². The molecule has 0 saturated carbocycles. The summed E-state index contributed by atoms with van der Waals surface area (Å²) in [5, 5.41) is 13.7. The van der Waals surface area contributed by atoms with Crippen LogP contribution in [0.2, 0.25) is 0 Å². The van der Waals surface area contributed by atoms with E-state index in [4.69, 9.17) is 5.11 Å². The van der Waals surface area contributed by atoms with Gasteiger partial charge >= 0.3 is 6.18 Å². The van der Waals surface area contributed by atoms with Gasteiger partial charge in [-0.25, -0.2) is 14.6 Å². The van der Waals surface area contributed by atoms with Gasteiger partial charge < -0.3 is 14.6 Å². The third-order valence-corrected chi connectivity index (χ3v) is 5.96. The molecule has 0 saturated heterocycles. The second-order valence-corrected chi connectivity index (χ2v) is 8.55. The van der Waals surface area contributed by atoms with Crippen LogP contribution in [-0.4, -0.2) is 54.6 Å². The zero-order chi connectivity index (χ0) is 26.9. The molecule has 0 aliphatic heterocycles. The van der Waals surface area contributed by atoms with Crippen molar-refractivity contribution in [2.45, 2.75) is 12.7 Å². The number of fused-ring (bicyclic) bond motifs is 1. The number of rotatable bonds is 7. The Balaban J connectivity index is 1.48. The lowest BCUT2D eigenvalue weighted by Gasteiger charge is -2.16. The first kappa shape index (κ1) is 25.1. The molecule has 0 amide bonds. The van der Waals surface area contributed by atoms with Crippen molar-refractivity contribution in [1.82, 2.24) is 29.3 Å². The summed E-state index contributed by atoms with van der Waals surface area (Å²) in [6.07, 6.45) is 0.355. The number of likely N-dealkylation sites (N-methyl/N-ethyl adjacent to an activating group) is 1. The predicted molar refractivity (Wildman–Crippen MR) is 135 cm³/mol. The first-order valence-electron chi connectivity index (χ1n) is 11.6. The molecule has 9 nitrogen and oxygen atoms in total. The summed E-state index contributed by atoms with van der Waals surface area (Å²) in [4.78, 5) is 27.7. The summed E-state index contributed by atoms with van der Waals surface area (Å²) in [6, 6.07) is 13.1. The molecule has 0 bridgehead atoms. The van der Waals surface area contributed by atoms with Crippen molar-refractivity contribution < 1.29 is 18.3 Å². The van der Waals surface area contributed by atoms with E-state index < -0.39 is 11.7 Å². The van der Waals surface area contributed by atoms with Crippen LogP contribution in [0.4, 0.5) is 19.1 Å². The van der Waals surface area contributed by atoms with Crippen LogP contribution >= 0.6 is 0 Å². The highest BCUT2D eigenvalue weighted by molar-refractivity contribution is 5.90. The van der Waals surface area contributed by atoms with Crippen molar-refractivity contribution in [3.05, 3.63) is 94.8 Å². The van der Waals surface area contributed by atoms with Crippen molar-refractivity contribution in [2.75, 3.05) is 25.1 Å². The van der Waals surface area contributed by atoms with Gasteiger partial charge in [0, 0.05) is 43.8 Å². The summed E-state index contributed by atoms with van der Waals surface area (Å²) in [5.74, 6) is 0.438. The highest BCUT2D eigenvalue weighted by Gasteiger charge is 2.30. The molecule has 0 radical (unpaired) electrons. The SMILES string of the molecule is CN(CCO)c1nccc(Cn2ccc(-n3nc(-c4ccc(C(F)(F)F)cc4)c4ncccc43)cc2=O)n1. The van der Waals surface area contributed by atoms with Gasteiger partial charge in [0.15, 0.2) is 0 Å². The molecule has 0 atom stereocenters. The van der Waals surface area contributed by atoms with Crippen molar-refractivity contribution >= 4 is 17.0 Å². The van der Waals surface area contributed by atoms with Gasteiger partial charge in [-0.3, -0.25) is 9.78 Å². The zero-order valence-electron chi connectivity index (χ0n) is 20.2. The summed E-state index contributed by atoms with van der Waals surface area (Å²) < 4.78 is 42.1. The van der Waals surface area contributed by atoms with Crippen LogP contribution in [0.15, 0.2) is 78.0 Å². The third kappa shape index (κ3) is 4.98. The Morgan fingerprint density at radius 3 is 2.53 bits per heavy atom. The second kappa shape index (κ2) is 10.1. The Kier molecular flexibility index (Phi) is 6.64. The van der Waals surface area contributed by atoms with Gasteiger partial charge in [-0.15, -0.1) is 0 Å². The van der Waals surface area contributed by atoms with E-state index >= 15 is 0 Å². The van der Waals surface area contributed by atoms with E-state index in [1.807, 2.05) is 0 Å². The van der Waals surface area contributed by atoms with Gasteiger partial charge in [-0.1, -0.05) is 12.1 Å². The molecular weight excluding hydrogens is 499 g/mol. The molecule has 0 fully saturated rings. The van der Waals surface area contributed by atoms with Gasteiger partial charge in [-0.2, -0.15) is 18.3 Å². The second-order valence-electron chi connectivity index (χ2n) is 8.55. The maximum absolute atomic E-state index is 13.0. The Hall–Kier alpha value is -4.58. The highest BCUT2D eigenvalue weighted by atomic mass is 19.4. The first-order valence-corrected chi connectivity index (χ1v) is 11.6. The van der Waals surface area contributed by atoms with Gasteiger partial charge in [0.25, 0.3) is 5.56 Å². The topological polar surface area (TPSA) is 102 Å². The number of hydrogen-bond donors (Lipinski definition) is 1. The van der Waals surface area contributed by atoms with Crippen molar-refractivity contribution in [2.24, 2.45) is 0 Å². The predicted octanol–water partition coefficient (Wildman–Crippen LogP) is 3.53. The van der Waals surface area contributed by atoms with Crippen LogP contribution in [0.25, 0.3) is 28.0 Å². The van der Waals surface area contributed by atoms with E-state index in [0.29, 0.717) is 46.2 Å². The minimum Gasteiger partial charge on any atom is -0.395 e. The number of halogens is 3. The van der Waals surface area contributed by atoms with Crippen LogP contribution in [0.5, 0.6) is 0 Å². The zero-order valence-corrected chi connectivity index (χ0v) is 20.2. The lowest BCUT2D eigenvalue weighted by Crippen LogP contribution is -2.25. The van der Waals surface area contributed by atoms with Crippen LogP contribution in [0, 0.1) is 0 Å². The monoisotopic (exact) mass is 521 g/mol. The average molecular weight is 522 g/mol. The summed E-state index contributed by atoms with van der Waals surface area (Å²) in [7, 11) is 1.76. The molecule has 4 aromatic heterocycles. The number of nitrogens with zero attached hydrogens (tertiary/aromatic N) is 7. The number of alkyl halides is 3. The lowest BCUT2D eigenvalue weighted by molar-refractivity contribution is -0.137. The summed E-state index contributed by atoms with van der Waals surface area (Å²) >= 11 is 0. The van der Waals surface area contributed by atoms with E-state index in [9.17, 15) is 18.0 Å². The number of anilines is 1. The van der Waals surface area contributed by atoms with E-state index in [2.05, 4.69) is 20.1 Å². The smallest absolute Gasteiger partial charge is 0.395 e. The number of aliphatic hydroxyl groups excluding tert-OH is 1. The number of pyridine rings is 2. The molecule has 1 aromatic carbocycles. The highest BCUT2D eigenvalue weighted by Crippen LogP contribution is 2.33. The minimum absolute atomic E-state index is 0.0385. The number of hydrogen-bond acceptors (Lipinski definition) is 7. The quantitative estimate of drug-likeness (QED) is 0.350. The summed E-state index contributed by atoms with van der Waals surface area (Å²) in [6.45, 7) is 0.544. The van der Waals surface area contributed by atoms with E-state index in [-0.39, 0.29) is 18.7 Å². The molecule has 194 valence electrons. The molecule has 4 heterocycles. The molecule has 5 aromatic rings. The van der Waals surface area contributed by atoms with Crippen LogP contribution in [-0.2, 0) is 12.7 Å². The Morgan fingerprint density at radius 1 is 1.03 bits per heavy atom. The minimum atomic E-state index is -4.44. The molecule has 0 unspecified atom stereocenters. The Labute approximate surface area is 214 Å². The molecular formula is C26H22F3N7O2. The first-order chi connectivity index (χ1) is 18.2. The van der Waals surface area contributed by atoms with E-state index in [1.165, 1.54) is 22.8 Å². The molecule has 0 aliphatic rings. The molecule has 12 heteroatoms. The fraction of sp³-hybridized carbons (Fsp3) is 0.192. The fourth-order valence-corrected chi connectivity index (χ4v) is 4.00. The van der Waals surface area contributed by atoms with Crippen molar-refractivity contribution in [1.29, 1.82) is 0 Å². The fourth-order valence-electron chi connectivity index (χ4n) is 4.00. The molecule has 0 spiro atoms. The van der Waals surface area contributed by atoms with Gasteiger partial charge in [0.1, 0.15) is 11.2 Å². The third-order valence-electron chi connectivity index (χ3n) is 5.96. The number of aromatic nitrogens is 6. The molecule has 38 heavy (non-hydrogen) atoms. The van der Waals surface area contributed by atoms with Crippen molar-refractivity contribution in [3.63, 3.8) is 0 Å². The average Bonchev–Trinajstić information content (AvgIpc) is 3.29. The van der Waals surface area contributed by atoms with Crippen LogP contribution < -0.4 is 10.5 Å². The van der Waals surface area contributed by atoms with E-state index in [1.54, 1.807) is 59.5 Å². The van der Waals surface area contributed by atoms with Gasteiger partial charge in [0.05, 0.1) is 35.6 Å². The maximum Gasteiger partial charge on any atom is 0.416 e. The Morgan fingerprint density at radius 2 is 1.82 bits per heavy atom. The van der Waals surface area contributed by atoms with E-state index in [0.717, 1.165) is 12.1 Å². The summed E-state index contributed by atoms with van der Waals surface area (Å²) in [5.41, 5.74) is 2.02.